The Morgan fingerprint density at radius 2 is 0.802 bits per heavy atom. The third kappa shape index (κ3) is 10.7. The number of benzene rings is 9. The quantitative estimate of drug-likeness (QED) is 0.122. The van der Waals surface area contributed by atoms with Gasteiger partial charge in [0.2, 0.25) is 14.6 Å². The van der Waals surface area contributed by atoms with Gasteiger partial charge in [0, 0.05) is 44.9 Å². The molecule has 0 fully saturated rings. The monoisotopic (exact) mass is 1210 g/mol. The van der Waals surface area contributed by atoms with Gasteiger partial charge < -0.3 is 14.7 Å². The number of carbonyl (C=O) groups is 3. The third-order valence-electron chi connectivity index (χ3n) is 15.3. The molecular weight excluding hydrogens is 1150 g/mol. The van der Waals surface area contributed by atoms with Crippen LogP contribution in [-0.4, -0.2) is 39.4 Å². The molecule has 15 rings (SSSR count). The zero-order chi connectivity index (χ0) is 58.1. The van der Waals surface area contributed by atoms with E-state index in [-0.39, 0.29) is 31.0 Å². The summed E-state index contributed by atoms with van der Waals surface area (Å²) in [5, 5.41) is 16.7. The average Bonchev–Trinajstić information content (AvgIpc) is 1.68. The fourth-order valence-corrected chi connectivity index (χ4v) is 14.8. The first-order valence-corrected chi connectivity index (χ1v) is 30.4. The molecule has 6 aliphatic heterocycles. The Balaban J connectivity index is 0.000000126. The predicted octanol–water partition coefficient (Wildman–Crippen LogP) is 14.0. The topological polar surface area (TPSA) is 134 Å². The van der Waals surface area contributed by atoms with Gasteiger partial charge in [-0.3, -0.25) is 30.7 Å². The summed E-state index contributed by atoms with van der Waals surface area (Å²) < 4.78 is 13.3. The summed E-state index contributed by atoms with van der Waals surface area (Å²) in [6, 6.07) is 75.8. The Bertz CT molecular complexity index is 3940. The number of nitrogens with one attached hydrogen (secondary N) is 3. The first-order chi connectivity index (χ1) is 41.5. The van der Waals surface area contributed by atoms with Crippen molar-refractivity contribution in [2.75, 3.05) is 21.2 Å². The van der Waals surface area contributed by atoms with E-state index in [1.54, 1.807) is 17.0 Å². The summed E-state index contributed by atoms with van der Waals surface area (Å²) in [5.41, 5.74) is 22.3. The molecule has 9 aromatic carbocycles. The van der Waals surface area contributed by atoms with Gasteiger partial charge >= 0.3 is 0 Å². The molecule has 0 radical (unpaired) electrons. The second-order valence-electron chi connectivity index (χ2n) is 20.8. The number of hydrogen-bond acceptors (Lipinski definition) is 12. The van der Waals surface area contributed by atoms with Gasteiger partial charge in [0.1, 0.15) is 20.9 Å². The molecule has 0 saturated carbocycles. The summed E-state index contributed by atoms with van der Waals surface area (Å²) in [6.07, 6.45) is 0.813. The number of amides is 3. The first-order valence-electron chi connectivity index (χ1n) is 27.6. The molecule has 0 aromatic heterocycles. The highest BCUT2D eigenvalue weighted by atomic mass is 35.5. The van der Waals surface area contributed by atoms with Gasteiger partial charge in [0.25, 0.3) is 17.7 Å². The Labute approximate surface area is 516 Å². The van der Waals surface area contributed by atoms with Crippen LogP contribution in [0.5, 0.6) is 0 Å². The van der Waals surface area contributed by atoms with Gasteiger partial charge in [-0.25, -0.2) is 4.39 Å². The van der Waals surface area contributed by atoms with Crippen molar-refractivity contribution in [1.82, 2.24) is 16.3 Å². The highest BCUT2D eigenvalue weighted by Gasteiger charge is 2.58. The van der Waals surface area contributed by atoms with Gasteiger partial charge in [0.15, 0.2) is 0 Å². The zero-order valence-corrected chi connectivity index (χ0v) is 48.9. The van der Waals surface area contributed by atoms with Gasteiger partial charge in [-0.2, -0.15) is 15.3 Å². The lowest BCUT2D eigenvalue weighted by Crippen LogP contribution is -2.45. The number of rotatable bonds is 10. The minimum Gasteiger partial charge on any atom is -0.308 e. The van der Waals surface area contributed by atoms with E-state index in [0.717, 1.165) is 88.7 Å². The maximum Gasteiger partial charge on any atom is 0.270 e. The maximum absolute atomic E-state index is 13.7. The van der Waals surface area contributed by atoms with Crippen LogP contribution in [0.15, 0.2) is 252 Å². The van der Waals surface area contributed by atoms with E-state index >= 15 is 0 Å². The number of thioether (sulfide) groups is 3. The largest absolute Gasteiger partial charge is 0.308 e. The van der Waals surface area contributed by atoms with Crippen LogP contribution in [0.2, 0.25) is 5.02 Å². The number of carbonyl (C=O) groups excluding carboxylic acids is 3. The molecule has 3 unspecified atom stereocenters. The van der Waals surface area contributed by atoms with Gasteiger partial charge in [0.05, 0.1) is 30.2 Å². The molecule has 3 atom stereocenters. The van der Waals surface area contributed by atoms with Crippen molar-refractivity contribution in [2.45, 2.75) is 48.5 Å². The highest BCUT2D eigenvalue weighted by Crippen LogP contribution is 2.54. The molecule has 9 aromatic rings. The van der Waals surface area contributed by atoms with E-state index in [0.29, 0.717) is 24.7 Å². The number of hydrogen-bond donors (Lipinski definition) is 3. The average molecular weight is 1210 g/mol. The number of aryl methyl sites for hydroxylation is 1. The molecule has 12 nitrogen and oxygen atoms in total. The first kappa shape index (κ1) is 57.5. The number of hydrazone groups is 3. The minimum atomic E-state index is -0.970. The molecule has 6 heterocycles. The maximum atomic E-state index is 13.7. The summed E-state index contributed by atoms with van der Waals surface area (Å²) >= 11 is 10.4. The Hall–Kier alpha value is -8.93. The molecule has 428 valence electrons. The molecule has 0 saturated heterocycles. The van der Waals surface area contributed by atoms with E-state index in [1.165, 1.54) is 53.0 Å². The van der Waals surface area contributed by atoms with Crippen LogP contribution in [0.1, 0.15) is 63.1 Å². The summed E-state index contributed by atoms with van der Waals surface area (Å²) in [6.45, 7) is 3.56. The van der Waals surface area contributed by atoms with Crippen molar-refractivity contribution in [1.29, 1.82) is 0 Å². The number of halogens is 2. The van der Waals surface area contributed by atoms with Crippen LogP contribution in [-0.2, 0) is 48.5 Å². The molecule has 3 N–H and O–H groups in total. The summed E-state index contributed by atoms with van der Waals surface area (Å²) in [7, 11) is 0. The zero-order valence-electron chi connectivity index (χ0n) is 45.7. The summed E-state index contributed by atoms with van der Waals surface area (Å²) in [4.78, 5) is 43.5. The van der Waals surface area contributed by atoms with E-state index in [2.05, 4.69) is 68.8 Å². The smallest absolute Gasteiger partial charge is 0.270 e. The van der Waals surface area contributed by atoms with E-state index in [4.69, 9.17) is 11.6 Å². The minimum absolute atomic E-state index is 0. The van der Waals surface area contributed by atoms with Crippen molar-refractivity contribution in [2.24, 2.45) is 15.3 Å². The Morgan fingerprint density at radius 3 is 1.26 bits per heavy atom. The molecule has 17 heteroatoms. The highest BCUT2D eigenvalue weighted by molar-refractivity contribution is 8.16. The van der Waals surface area contributed by atoms with Crippen LogP contribution < -0.4 is 31.0 Å². The van der Waals surface area contributed by atoms with E-state index in [1.807, 2.05) is 192 Å². The Morgan fingerprint density at radius 1 is 0.430 bits per heavy atom. The second kappa shape index (κ2) is 24.2. The number of fused-ring (bicyclic) bond motifs is 6. The number of nitrogens with zero attached hydrogens (tertiary/aromatic N) is 6. The van der Waals surface area contributed by atoms with Crippen LogP contribution in [0.3, 0.4) is 0 Å². The SMILES string of the molecule is C.Cc1ccc2c(c1)C1(NN=C(c3ccccc3)S1)C(=O)N2CCc1ccccc1.O=C1N(Cc2ccc(Cl)cc2)c2ccccc2C12NN=C(c1ccccc1)S2.O=C1N(Cc2ccc(F)cc2)c2ccccc2C12NN=C(c1ccccc1)S2. The van der Waals surface area contributed by atoms with Crippen LogP contribution >= 0.6 is 46.9 Å². The van der Waals surface area contributed by atoms with Crippen molar-refractivity contribution >= 4 is 96.8 Å². The van der Waals surface area contributed by atoms with Crippen molar-refractivity contribution < 1.29 is 18.8 Å². The Kier molecular flexibility index (Phi) is 16.2. The standard InChI is InChI=1S/C24H21N3OS.C22H16ClN3OS.C22H16FN3OS.CH4/c1-17-12-13-21-20(16-17)24(26-25-22(29-24)19-10-6-3-7-11-19)23(28)27(21)15-14-18-8-4-2-5-9-18;2*23-17-12-10-15(11-13-17)14-26-19-9-5-4-8-18(19)22(21(26)27)25-24-20(28-22)16-6-2-1-3-7-16;/h2-13,16,26H,14-15H2,1H3;2*1-13,25H,14H2;1H4. The molecule has 0 bridgehead atoms. The predicted molar refractivity (Wildman–Crippen MR) is 350 cm³/mol. The normalized spacial score (nSPS) is 19.9. The molecular formula is C69H57ClFN9O3S3. The van der Waals surface area contributed by atoms with Gasteiger partial charge in [-0.1, -0.05) is 254 Å². The molecule has 86 heavy (non-hydrogen) atoms. The van der Waals surface area contributed by atoms with Crippen LogP contribution in [0, 0.1) is 12.7 Å². The van der Waals surface area contributed by atoms with Crippen molar-refractivity contribution in [3.8, 4) is 0 Å². The summed E-state index contributed by atoms with van der Waals surface area (Å²) in [5.74, 6) is -0.322. The van der Waals surface area contributed by atoms with E-state index < -0.39 is 14.6 Å². The van der Waals surface area contributed by atoms with Crippen LogP contribution in [0.25, 0.3) is 0 Å². The third-order valence-corrected chi connectivity index (χ3v) is 19.5. The van der Waals surface area contributed by atoms with Crippen molar-refractivity contribution in [3.05, 3.63) is 303 Å². The molecule has 3 amide bonds. The van der Waals surface area contributed by atoms with Crippen molar-refractivity contribution in [3.63, 3.8) is 0 Å². The second-order valence-corrected chi connectivity index (χ2v) is 24.9. The lowest BCUT2D eigenvalue weighted by molar-refractivity contribution is -0.121. The molecule has 6 aliphatic rings. The fourth-order valence-electron chi connectivity index (χ4n) is 11.1. The van der Waals surface area contributed by atoms with Gasteiger partial charge in [-0.05, 0) is 72.5 Å². The molecule has 3 spiro atoms. The number of anilines is 3. The fraction of sp³-hybridized carbons (Fsp3) is 0.130. The number of para-hydroxylation sites is 2. The van der Waals surface area contributed by atoms with Gasteiger partial charge in [-0.15, -0.1) is 0 Å². The lowest BCUT2D eigenvalue weighted by atomic mass is 10.1. The lowest BCUT2D eigenvalue weighted by Gasteiger charge is -2.23. The van der Waals surface area contributed by atoms with E-state index in [9.17, 15) is 18.8 Å². The molecule has 0 aliphatic carbocycles. The van der Waals surface area contributed by atoms with Crippen LogP contribution in [0.4, 0.5) is 21.5 Å².